The highest BCUT2D eigenvalue weighted by Crippen LogP contribution is 2.37. The summed E-state index contributed by atoms with van der Waals surface area (Å²) in [6.07, 6.45) is 7.54. The van der Waals surface area contributed by atoms with Crippen molar-refractivity contribution in [2.45, 2.75) is 64.5 Å². The molecule has 2 saturated carbocycles. The van der Waals surface area contributed by atoms with Crippen molar-refractivity contribution < 1.29 is 19.5 Å². The third kappa shape index (κ3) is 7.41. The summed E-state index contributed by atoms with van der Waals surface area (Å²) in [6.45, 7) is 5.24. The van der Waals surface area contributed by atoms with Crippen LogP contribution in [0.15, 0.2) is 42.5 Å². The van der Waals surface area contributed by atoms with Gasteiger partial charge in [-0.05, 0) is 74.1 Å². The molecule has 12 nitrogen and oxygen atoms in total. The van der Waals surface area contributed by atoms with Crippen LogP contribution in [0, 0.1) is 17.8 Å². The Morgan fingerprint density at radius 2 is 1.41 bits per heavy atom. The zero-order valence-corrected chi connectivity index (χ0v) is 32.2. The molecule has 8 rings (SSSR count). The van der Waals surface area contributed by atoms with E-state index in [0.29, 0.717) is 40.2 Å². The molecule has 0 atom stereocenters. The van der Waals surface area contributed by atoms with E-state index in [2.05, 4.69) is 15.1 Å². The van der Waals surface area contributed by atoms with Crippen molar-refractivity contribution in [2.75, 3.05) is 35.9 Å². The molecule has 2 N–H and O–H groups in total. The number of carboxylic acid groups (broad SMARTS) is 1. The lowest BCUT2D eigenvalue weighted by atomic mass is 9.81. The Labute approximate surface area is 325 Å². The first-order valence-corrected chi connectivity index (χ1v) is 19.7. The van der Waals surface area contributed by atoms with E-state index in [9.17, 15) is 19.5 Å². The van der Waals surface area contributed by atoms with Crippen molar-refractivity contribution in [2.24, 2.45) is 31.8 Å². The van der Waals surface area contributed by atoms with Crippen LogP contribution >= 0.6 is 23.4 Å². The molecule has 4 aromatic rings. The number of imidazole rings is 2. The number of carbonyl (C=O) groups excluding carboxylic acids is 2. The highest BCUT2D eigenvalue weighted by molar-refractivity contribution is 6.39. The summed E-state index contributed by atoms with van der Waals surface area (Å²) in [4.78, 5) is 53.1. The molecule has 0 radical (unpaired) electrons. The number of anilines is 2. The van der Waals surface area contributed by atoms with Crippen molar-refractivity contribution in [3.05, 3.63) is 81.9 Å². The third-order valence-electron chi connectivity index (χ3n) is 11.8. The van der Waals surface area contributed by atoms with Gasteiger partial charge in [-0.25, -0.2) is 14.4 Å². The maximum atomic E-state index is 13.8. The normalized spacial score (nSPS) is 20.3. The molecule has 2 aromatic heterocycles. The number of carbonyl (C=O) groups is 3. The van der Waals surface area contributed by atoms with Crippen LogP contribution in [0.4, 0.5) is 11.4 Å². The Bertz CT molecular complexity index is 2100. The number of carboxylic acids is 1. The van der Waals surface area contributed by atoms with Crippen molar-refractivity contribution in [1.82, 2.24) is 28.9 Å². The Morgan fingerprint density at radius 1 is 0.833 bits per heavy atom. The van der Waals surface area contributed by atoms with Crippen LogP contribution in [-0.4, -0.2) is 78.0 Å². The van der Waals surface area contributed by atoms with Gasteiger partial charge in [-0.3, -0.25) is 24.2 Å². The molecule has 284 valence electrons. The molecule has 4 aliphatic rings. The van der Waals surface area contributed by atoms with Crippen molar-refractivity contribution in [3.8, 4) is 11.1 Å². The molecular weight excluding hydrogens is 727 g/mol. The number of hydrogen-bond acceptors (Lipinski definition) is 7. The van der Waals surface area contributed by atoms with Gasteiger partial charge in [0.1, 0.15) is 0 Å². The summed E-state index contributed by atoms with van der Waals surface area (Å²) in [5.74, 6) is 0.219. The molecule has 0 saturated heterocycles. The van der Waals surface area contributed by atoms with E-state index < -0.39 is 11.9 Å². The smallest absolute Gasteiger partial charge is 0.308 e. The molecule has 2 fully saturated rings. The molecule has 14 heteroatoms. The van der Waals surface area contributed by atoms with Crippen LogP contribution in [0.3, 0.4) is 0 Å². The minimum atomic E-state index is -0.685. The van der Waals surface area contributed by atoms with E-state index in [1.165, 1.54) is 12.8 Å². The average Bonchev–Trinajstić information content (AvgIpc) is 3.85. The number of halogens is 2. The van der Waals surface area contributed by atoms with Gasteiger partial charge in [0.2, 0.25) is 5.82 Å². The Balaban J connectivity index is 0.939. The maximum absolute atomic E-state index is 13.8. The van der Waals surface area contributed by atoms with Crippen molar-refractivity contribution in [3.63, 3.8) is 0 Å². The number of hydrogen-bond donors (Lipinski definition) is 2. The van der Waals surface area contributed by atoms with Gasteiger partial charge in [-0.2, -0.15) is 0 Å². The summed E-state index contributed by atoms with van der Waals surface area (Å²) in [6, 6.07) is 12.7. The fourth-order valence-electron chi connectivity index (χ4n) is 8.52. The second kappa shape index (κ2) is 15.1. The largest absolute Gasteiger partial charge is 0.481 e. The van der Waals surface area contributed by atoms with Gasteiger partial charge in [0.05, 0.1) is 33.7 Å². The van der Waals surface area contributed by atoms with E-state index >= 15 is 0 Å². The lowest BCUT2D eigenvalue weighted by Crippen LogP contribution is -2.36. The number of nitrogens with one attached hydrogen (secondary N) is 1. The summed E-state index contributed by atoms with van der Waals surface area (Å²) < 4.78 is 4.83. The van der Waals surface area contributed by atoms with Crippen LogP contribution in [0.25, 0.3) is 11.1 Å². The number of aliphatic carboxylic acids is 1. The maximum Gasteiger partial charge on any atom is 0.308 e. The lowest BCUT2D eigenvalue weighted by Gasteiger charge is -2.33. The topological polar surface area (TPSA) is 129 Å². The quantitative estimate of drug-likeness (QED) is 0.174. The third-order valence-corrected chi connectivity index (χ3v) is 12.6. The summed E-state index contributed by atoms with van der Waals surface area (Å²) in [7, 11) is 3.75. The summed E-state index contributed by atoms with van der Waals surface area (Å²) >= 11 is 13.7. The predicted octanol–water partition coefficient (Wildman–Crippen LogP) is 6.54. The fourth-order valence-corrected chi connectivity index (χ4v) is 8.99. The molecule has 2 aliphatic heterocycles. The number of rotatable bonds is 10. The van der Waals surface area contributed by atoms with E-state index in [1.807, 2.05) is 47.5 Å². The summed E-state index contributed by atoms with van der Waals surface area (Å²) in [5, 5.41) is 12.7. The van der Waals surface area contributed by atoms with Gasteiger partial charge < -0.3 is 19.6 Å². The first kappa shape index (κ1) is 36.7. The monoisotopic (exact) mass is 772 g/mol. The van der Waals surface area contributed by atoms with Gasteiger partial charge in [0.25, 0.3) is 5.91 Å². The molecule has 2 amide bonds. The first-order chi connectivity index (χ1) is 26.0. The highest BCUT2D eigenvalue weighted by atomic mass is 35.5. The molecular formula is C40H46Cl2N8O4. The first-order valence-electron chi connectivity index (χ1n) is 19.0. The van der Waals surface area contributed by atoms with Gasteiger partial charge in [-0.15, -0.1) is 0 Å². The number of aromatic nitrogens is 4. The lowest BCUT2D eigenvalue weighted by molar-refractivity contribution is -0.143. The number of nitrogens with zero attached hydrogens (tertiary/aromatic N) is 7. The Morgan fingerprint density at radius 3 is 2.02 bits per heavy atom. The van der Waals surface area contributed by atoms with Gasteiger partial charge in [-0.1, -0.05) is 35.9 Å². The number of benzene rings is 2. The van der Waals surface area contributed by atoms with Crippen molar-refractivity contribution >= 4 is 52.5 Å². The highest BCUT2D eigenvalue weighted by Gasteiger charge is 2.32. The standard InChI is InChI=1S/C40H46Cl2N8O4/c1-46-33-15-17-48(20-24-9-10-24)22-31(33)43-36(46)38(51)45-30-8-4-7-29(35(30)41)27-5-3-6-28(19-27)50(42)39(52)37-44-32-23-49(18-16-34(32)47(37)2)21-25-11-13-26(14-12-25)40(53)54/h3-8,19,24-26H,9-18,20-23H2,1-2H3,(H,45,51)(H,53,54). The van der Waals surface area contributed by atoms with E-state index in [0.717, 1.165) is 110 Å². The average molecular weight is 774 g/mol. The van der Waals surface area contributed by atoms with Crippen LogP contribution < -0.4 is 9.74 Å². The van der Waals surface area contributed by atoms with E-state index in [4.69, 9.17) is 33.3 Å². The van der Waals surface area contributed by atoms with Crippen molar-refractivity contribution in [1.29, 1.82) is 0 Å². The molecule has 0 bridgehead atoms. The van der Waals surface area contributed by atoms with Gasteiger partial charge >= 0.3 is 11.9 Å². The molecule has 54 heavy (non-hydrogen) atoms. The minimum Gasteiger partial charge on any atom is -0.481 e. The zero-order chi connectivity index (χ0) is 37.7. The van der Waals surface area contributed by atoms with Crippen LogP contribution in [-0.2, 0) is 44.8 Å². The Kier molecular flexibility index (Phi) is 10.3. The molecule has 0 unspecified atom stereocenters. The molecule has 2 aliphatic carbocycles. The Hall–Kier alpha value is -4.23. The van der Waals surface area contributed by atoms with Crippen LogP contribution in [0.1, 0.15) is 82.5 Å². The molecule has 2 aromatic carbocycles. The van der Waals surface area contributed by atoms with Crippen LogP contribution in [0.5, 0.6) is 0 Å². The van der Waals surface area contributed by atoms with Crippen LogP contribution in [0.2, 0.25) is 5.02 Å². The van der Waals surface area contributed by atoms with E-state index in [-0.39, 0.29) is 17.6 Å². The second-order valence-corrected chi connectivity index (χ2v) is 16.2. The number of fused-ring (bicyclic) bond motifs is 2. The summed E-state index contributed by atoms with van der Waals surface area (Å²) in [5.41, 5.74) is 6.28. The number of amides is 2. The van der Waals surface area contributed by atoms with Gasteiger partial charge in [0.15, 0.2) is 5.82 Å². The zero-order valence-electron chi connectivity index (χ0n) is 30.7. The molecule has 4 heterocycles. The predicted molar refractivity (Wildman–Crippen MR) is 208 cm³/mol. The minimum absolute atomic E-state index is 0.223. The second-order valence-electron chi connectivity index (χ2n) is 15.5. The molecule has 0 spiro atoms. The SMILES string of the molecule is Cn1c(C(=O)Nc2cccc(-c3cccc(N(Cl)C(=O)c4nc5c(n4C)CCN(CC4CCC(C(=O)O)CC4)C5)c3)c2Cl)nc2c1CCN(CC1CC1)C2. The van der Waals surface area contributed by atoms with Gasteiger partial charge in [0, 0.05) is 94.9 Å². The van der Waals surface area contributed by atoms with E-state index in [1.54, 1.807) is 18.2 Å². The fraction of sp³-hybridized carbons (Fsp3) is 0.475.